The number of nitrogens with zero attached hydrogens (tertiary/aromatic N) is 2. The molecule has 29 heavy (non-hydrogen) atoms. The molecule has 0 bridgehead atoms. The molecule has 4 N–H and O–H groups in total. The summed E-state index contributed by atoms with van der Waals surface area (Å²) in [5.41, 5.74) is 0. The highest BCUT2D eigenvalue weighted by Gasteiger charge is 2.15. The number of aliphatic carboxylic acids is 1. The number of aliphatic hydroxyl groups is 3. The standard InChI is InChI=1S/C16H33NO2.C6H15NO3/c1-4-5-6-7-8-9-10-11-12-13-14-17(3)15(2)16(18)19;8-4-1-7(2-5-9)3-6-10/h15H,4-14H2,1-3H3,(H,18,19);8-10H,1-6H2/t15-;/m0./s1. The second-order valence-electron chi connectivity index (χ2n) is 7.69. The van der Waals surface area contributed by atoms with Crippen LogP contribution in [0.2, 0.25) is 0 Å². The van der Waals surface area contributed by atoms with E-state index in [1.54, 1.807) is 11.8 Å². The number of unbranched alkanes of at least 4 members (excludes halogenated alkanes) is 9. The Labute approximate surface area is 178 Å². The maximum absolute atomic E-state index is 10.8. The first-order valence-corrected chi connectivity index (χ1v) is 11.4. The molecule has 0 aromatic carbocycles. The number of aliphatic hydroxyl groups excluding tert-OH is 3. The van der Waals surface area contributed by atoms with Crippen molar-refractivity contribution in [3.63, 3.8) is 0 Å². The van der Waals surface area contributed by atoms with Crippen LogP contribution in [-0.4, -0.2) is 95.3 Å². The molecular weight excluding hydrogens is 372 g/mol. The number of rotatable bonds is 19. The molecule has 0 amide bonds. The molecule has 0 saturated carbocycles. The molecule has 0 fully saturated rings. The molecule has 0 aromatic rings. The summed E-state index contributed by atoms with van der Waals surface area (Å²) in [6, 6.07) is -0.362. The third-order valence-corrected chi connectivity index (χ3v) is 5.13. The lowest BCUT2D eigenvalue weighted by molar-refractivity contribution is -0.142. The number of carboxylic acid groups (broad SMARTS) is 1. The summed E-state index contributed by atoms with van der Waals surface area (Å²) in [4.78, 5) is 14.5. The van der Waals surface area contributed by atoms with Gasteiger partial charge in [0.15, 0.2) is 0 Å². The fourth-order valence-electron chi connectivity index (χ4n) is 2.99. The van der Waals surface area contributed by atoms with Gasteiger partial charge in [-0.05, 0) is 26.9 Å². The lowest BCUT2D eigenvalue weighted by atomic mass is 10.1. The Balaban J connectivity index is 0. The van der Waals surface area contributed by atoms with Crippen LogP contribution < -0.4 is 0 Å². The van der Waals surface area contributed by atoms with Crippen molar-refractivity contribution in [1.82, 2.24) is 9.80 Å². The van der Waals surface area contributed by atoms with Crippen molar-refractivity contribution < 1.29 is 25.2 Å². The van der Waals surface area contributed by atoms with E-state index < -0.39 is 5.97 Å². The van der Waals surface area contributed by atoms with Gasteiger partial charge in [0.25, 0.3) is 0 Å². The van der Waals surface area contributed by atoms with Crippen molar-refractivity contribution >= 4 is 5.97 Å². The number of likely N-dealkylation sites (N-methyl/N-ethyl adjacent to an activating group) is 1. The van der Waals surface area contributed by atoms with Crippen LogP contribution in [-0.2, 0) is 4.79 Å². The number of hydrogen-bond acceptors (Lipinski definition) is 6. The zero-order valence-electron chi connectivity index (χ0n) is 19.2. The van der Waals surface area contributed by atoms with E-state index in [0.29, 0.717) is 19.6 Å². The van der Waals surface area contributed by atoms with Gasteiger partial charge >= 0.3 is 5.97 Å². The predicted octanol–water partition coefficient (Wildman–Crippen LogP) is 2.58. The van der Waals surface area contributed by atoms with Crippen LogP contribution in [0.15, 0.2) is 0 Å². The van der Waals surface area contributed by atoms with Crippen LogP contribution in [0.3, 0.4) is 0 Å². The highest BCUT2D eigenvalue weighted by Crippen LogP contribution is 2.11. The minimum atomic E-state index is -0.727. The maximum atomic E-state index is 10.8. The summed E-state index contributed by atoms with van der Waals surface area (Å²) >= 11 is 0. The zero-order valence-corrected chi connectivity index (χ0v) is 19.2. The van der Waals surface area contributed by atoms with Gasteiger partial charge in [-0.15, -0.1) is 0 Å². The smallest absolute Gasteiger partial charge is 0.320 e. The average molecular weight is 421 g/mol. The van der Waals surface area contributed by atoms with E-state index in [1.807, 2.05) is 11.9 Å². The molecule has 0 aliphatic carbocycles. The third-order valence-electron chi connectivity index (χ3n) is 5.13. The normalized spacial score (nSPS) is 12.1. The first kappa shape index (κ1) is 30.5. The molecule has 0 spiro atoms. The molecule has 7 nitrogen and oxygen atoms in total. The first-order chi connectivity index (χ1) is 13.9. The number of hydrogen-bond donors (Lipinski definition) is 4. The van der Waals surface area contributed by atoms with Gasteiger partial charge in [-0.25, -0.2) is 0 Å². The van der Waals surface area contributed by atoms with Gasteiger partial charge in [0.2, 0.25) is 0 Å². The molecular formula is C22H48N2O5. The van der Waals surface area contributed by atoms with Crippen molar-refractivity contribution in [1.29, 1.82) is 0 Å². The second kappa shape index (κ2) is 23.5. The van der Waals surface area contributed by atoms with Crippen LogP contribution in [0.4, 0.5) is 0 Å². The van der Waals surface area contributed by atoms with E-state index in [1.165, 1.54) is 57.8 Å². The average Bonchev–Trinajstić information content (AvgIpc) is 2.69. The molecule has 176 valence electrons. The summed E-state index contributed by atoms with van der Waals surface area (Å²) < 4.78 is 0. The summed E-state index contributed by atoms with van der Waals surface area (Å²) in [6.45, 7) is 6.65. The summed E-state index contributed by atoms with van der Waals surface area (Å²) in [6.07, 6.45) is 13.2. The molecule has 0 aliphatic heterocycles. The van der Waals surface area contributed by atoms with Crippen LogP contribution in [0.5, 0.6) is 0 Å². The van der Waals surface area contributed by atoms with Gasteiger partial charge in [-0.1, -0.05) is 64.7 Å². The first-order valence-electron chi connectivity index (χ1n) is 11.4. The second-order valence-corrected chi connectivity index (χ2v) is 7.69. The van der Waals surface area contributed by atoms with Gasteiger partial charge in [-0.2, -0.15) is 0 Å². The van der Waals surface area contributed by atoms with Gasteiger partial charge in [0.05, 0.1) is 19.8 Å². The largest absolute Gasteiger partial charge is 0.480 e. The molecule has 0 aromatic heterocycles. The minimum absolute atomic E-state index is 0.0694. The predicted molar refractivity (Wildman–Crippen MR) is 119 cm³/mol. The maximum Gasteiger partial charge on any atom is 0.320 e. The molecule has 0 radical (unpaired) electrons. The van der Waals surface area contributed by atoms with E-state index in [2.05, 4.69) is 6.92 Å². The molecule has 0 rings (SSSR count). The zero-order chi connectivity index (χ0) is 22.3. The number of carboxylic acids is 1. The van der Waals surface area contributed by atoms with Crippen molar-refractivity contribution in [3.8, 4) is 0 Å². The lowest BCUT2D eigenvalue weighted by Crippen LogP contribution is -2.36. The van der Waals surface area contributed by atoms with Crippen molar-refractivity contribution in [2.75, 3.05) is 53.0 Å². The van der Waals surface area contributed by atoms with Gasteiger partial charge in [-0.3, -0.25) is 14.6 Å². The Morgan fingerprint density at radius 1 is 0.724 bits per heavy atom. The highest BCUT2D eigenvalue weighted by molar-refractivity contribution is 5.72. The van der Waals surface area contributed by atoms with Crippen LogP contribution in [0, 0.1) is 0 Å². The van der Waals surface area contributed by atoms with E-state index in [4.69, 9.17) is 20.4 Å². The summed E-state index contributed by atoms with van der Waals surface area (Å²) in [5.74, 6) is -0.727. The lowest BCUT2D eigenvalue weighted by Gasteiger charge is -2.20. The van der Waals surface area contributed by atoms with E-state index >= 15 is 0 Å². The molecule has 7 heteroatoms. The molecule has 0 aliphatic rings. The molecule has 0 unspecified atom stereocenters. The van der Waals surface area contributed by atoms with Crippen LogP contribution in [0.1, 0.15) is 78.1 Å². The fraction of sp³-hybridized carbons (Fsp3) is 0.955. The monoisotopic (exact) mass is 420 g/mol. The molecule has 0 saturated heterocycles. The Kier molecular flexibility index (Phi) is 24.7. The Morgan fingerprint density at radius 3 is 1.45 bits per heavy atom. The number of carbonyl (C=O) groups is 1. The minimum Gasteiger partial charge on any atom is -0.480 e. The van der Waals surface area contributed by atoms with E-state index in [9.17, 15) is 4.79 Å². The van der Waals surface area contributed by atoms with Crippen molar-refractivity contribution in [2.24, 2.45) is 0 Å². The Bertz CT molecular complexity index is 331. The Hall–Kier alpha value is -0.730. The van der Waals surface area contributed by atoms with Crippen LogP contribution in [0.25, 0.3) is 0 Å². The van der Waals surface area contributed by atoms with Gasteiger partial charge in [0.1, 0.15) is 6.04 Å². The summed E-state index contributed by atoms with van der Waals surface area (Å²) in [5, 5.41) is 34.3. The fourth-order valence-corrected chi connectivity index (χ4v) is 2.99. The van der Waals surface area contributed by atoms with Crippen LogP contribution >= 0.6 is 0 Å². The third kappa shape index (κ3) is 21.8. The van der Waals surface area contributed by atoms with E-state index in [-0.39, 0.29) is 25.9 Å². The topological polar surface area (TPSA) is 104 Å². The van der Waals surface area contributed by atoms with E-state index in [0.717, 1.165) is 13.0 Å². The SMILES string of the molecule is CCCCCCCCCCCCN(C)[C@@H](C)C(=O)O.OCCN(CCO)CCO. The molecule has 0 heterocycles. The summed E-state index contributed by atoms with van der Waals surface area (Å²) in [7, 11) is 1.90. The van der Waals surface area contributed by atoms with Crippen molar-refractivity contribution in [3.05, 3.63) is 0 Å². The highest BCUT2D eigenvalue weighted by atomic mass is 16.4. The Morgan fingerprint density at radius 2 is 1.10 bits per heavy atom. The van der Waals surface area contributed by atoms with Gasteiger partial charge < -0.3 is 20.4 Å². The molecule has 1 atom stereocenters. The van der Waals surface area contributed by atoms with Gasteiger partial charge in [0, 0.05) is 19.6 Å². The van der Waals surface area contributed by atoms with Crippen molar-refractivity contribution in [2.45, 2.75) is 84.1 Å². The quantitative estimate of drug-likeness (QED) is 0.238.